The van der Waals surface area contributed by atoms with Crippen molar-refractivity contribution in [2.24, 2.45) is 17.6 Å². The normalized spacial score (nSPS) is 27.6. The maximum atomic E-state index is 12.7. The van der Waals surface area contributed by atoms with Gasteiger partial charge in [-0.15, -0.1) is 0 Å². The van der Waals surface area contributed by atoms with Crippen molar-refractivity contribution in [3.63, 3.8) is 0 Å². The van der Waals surface area contributed by atoms with Crippen LogP contribution in [0.15, 0.2) is 0 Å². The van der Waals surface area contributed by atoms with E-state index in [1.54, 1.807) is 0 Å². The average molecular weight is 295 g/mol. The van der Waals surface area contributed by atoms with Crippen LogP contribution in [0.4, 0.5) is 0 Å². The molecule has 21 heavy (non-hydrogen) atoms. The molecular weight excluding hydrogens is 266 g/mol. The van der Waals surface area contributed by atoms with Gasteiger partial charge in [-0.1, -0.05) is 33.1 Å². The summed E-state index contributed by atoms with van der Waals surface area (Å²) in [7, 11) is 0. The number of carbonyl (C=O) groups excluding carboxylic acids is 2. The van der Waals surface area contributed by atoms with Gasteiger partial charge >= 0.3 is 0 Å². The lowest BCUT2D eigenvalue weighted by Gasteiger charge is -2.37. The second kappa shape index (κ2) is 7.25. The topological polar surface area (TPSA) is 66.6 Å². The van der Waals surface area contributed by atoms with Crippen molar-refractivity contribution in [1.82, 2.24) is 9.80 Å². The van der Waals surface area contributed by atoms with E-state index in [0.717, 1.165) is 25.7 Å². The Bertz CT molecular complexity index is 376. The van der Waals surface area contributed by atoms with Crippen molar-refractivity contribution >= 4 is 11.8 Å². The number of rotatable bonds is 2. The first-order valence-corrected chi connectivity index (χ1v) is 8.34. The molecule has 2 N–H and O–H groups in total. The summed E-state index contributed by atoms with van der Waals surface area (Å²) in [5, 5.41) is 0. The molecule has 0 aromatic carbocycles. The highest BCUT2D eigenvalue weighted by molar-refractivity contribution is 5.81. The smallest absolute Gasteiger partial charge is 0.227 e. The quantitative estimate of drug-likeness (QED) is 0.779. The highest BCUT2D eigenvalue weighted by atomic mass is 16.2. The molecule has 2 unspecified atom stereocenters. The molecule has 5 heteroatoms. The minimum atomic E-state index is -0.0140. The van der Waals surface area contributed by atoms with E-state index in [2.05, 4.69) is 0 Å². The third-order valence-electron chi connectivity index (χ3n) is 4.78. The molecule has 1 heterocycles. The molecule has 1 aliphatic carbocycles. The molecule has 0 bridgehead atoms. The Morgan fingerprint density at radius 1 is 0.952 bits per heavy atom. The van der Waals surface area contributed by atoms with Gasteiger partial charge in [-0.25, -0.2) is 0 Å². The van der Waals surface area contributed by atoms with Crippen molar-refractivity contribution in [3.05, 3.63) is 0 Å². The zero-order valence-electron chi connectivity index (χ0n) is 13.4. The Labute approximate surface area is 127 Å². The van der Waals surface area contributed by atoms with Crippen LogP contribution in [0.3, 0.4) is 0 Å². The summed E-state index contributed by atoms with van der Waals surface area (Å²) < 4.78 is 0. The van der Waals surface area contributed by atoms with Crippen LogP contribution in [0.1, 0.15) is 46.0 Å². The molecule has 1 saturated heterocycles. The first-order chi connectivity index (χ1) is 10.0. The number of amides is 2. The molecular formula is C16H29N3O2. The third-order valence-corrected chi connectivity index (χ3v) is 4.78. The van der Waals surface area contributed by atoms with Crippen LogP contribution in [0.25, 0.3) is 0 Å². The standard InChI is InChI=1S/C16H29N3O2/c1-12(2)15(20)18-8-10-19(11-9-18)16(21)13-6-4-3-5-7-14(13)17/h12-14H,3-11,17H2,1-2H3. The maximum Gasteiger partial charge on any atom is 0.227 e. The Hall–Kier alpha value is -1.10. The lowest BCUT2D eigenvalue weighted by atomic mass is 9.93. The molecule has 2 fully saturated rings. The van der Waals surface area contributed by atoms with Gasteiger partial charge in [-0.3, -0.25) is 9.59 Å². The molecule has 2 atom stereocenters. The first kappa shape index (κ1) is 16.3. The minimum absolute atomic E-state index is 0.00956. The van der Waals surface area contributed by atoms with E-state index in [9.17, 15) is 9.59 Å². The van der Waals surface area contributed by atoms with Crippen molar-refractivity contribution in [1.29, 1.82) is 0 Å². The summed E-state index contributed by atoms with van der Waals surface area (Å²) >= 11 is 0. The van der Waals surface area contributed by atoms with Gasteiger partial charge in [0.1, 0.15) is 0 Å². The summed E-state index contributed by atoms with van der Waals surface area (Å²) in [6.45, 7) is 6.46. The summed E-state index contributed by atoms with van der Waals surface area (Å²) in [6.07, 6.45) is 5.32. The molecule has 0 spiro atoms. The van der Waals surface area contributed by atoms with E-state index >= 15 is 0 Å². The van der Waals surface area contributed by atoms with E-state index in [4.69, 9.17) is 5.73 Å². The van der Waals surface area contributed by atoms with Crippen molar-refractivity contribution < 1.29 is 9.59 Å². The predicted molar refractivity (Wildman–Crippen MR) is 82.5 cm³/mol. The second-order valence-electron chi connectivity index (χ2n) is 6.71. The van der Waals surface area contributed by atoms with Crippen molar-refractivity contribution in [2.45, 2.75) is 52.0 Å². The van der Waals surface area contributed by atoms with Crippen LogP contribution < -0.4 is 5.73 Å². The maximum absolute atomic E-state index is 12.7. The fourth-order valence-corrected chi connectivity index (χ4v) is 3.39. The Morgan fingerprint density at radius 3 is 2.14 bits per heavy atom. The van der Waals surface area contributed by atoms with E-state index in [0.29, 0.717) is 26.2 Å². The fourth-order valence-electron chi connectivity index (χ4n) is 3.39. The minimum Gasteiger partial charge on any atom is -0.339 e. The van der Waals surface area contributed by atoms with Gasteiger partial charge in [0.2, 0.25) is 11.8 Å². The van der Waals surface area contributed by atoms with Gasteiger partial charge in [-0.2, -0.15) is 0 Å². The molecule has 2 aliphatic rings. The Balaban J connectivity index is 1.89. The SMILES string of the molecule is CC(C)C(=O)N1CCN(C(=O)C2CCCCCC2N)CC1. The van der Waals surface area contributed by atoms with Crippen molar-refractivity contribution in [3.8, 4) is 0 Å². The fraction of sp³-hybridized carbons (Fsp3) is 0.875. The summed E-state index contributed by atoms with van der Waals surface area (Å²) in [6, 6.07) is 0.00956. The molecule has 120 valence electrons. The molecule has 2 amide bonds. The molecule has 5 nitrogen and oxygen atoms in total. The second-order valence-corrected chi connectivity index (χ2v) is 6.71. The van der Waals surface area contributed by atoms with Crippen LogP contribution in [0.5, 0.6) is 0 Å². The van der Waals surface area contributed by atoms with Gasteiger partial charge in [0, 0.05) is 38.1 Å². The molecule has 2 rings (SSSR count). The lowest BCUT2D eigenvalue weighted by molar-refractivity contribution is -0.144. The monoisotopic (exact) mass is 295 g/mol. The average Bonchev–Trinajstić information content (AvgIpc) is 2.70. The van der Waals surface area contributed by atoms with Crippen LogP contribution in [-0.2, 0) is 9.59 Å². The van der Waals surface area contributed by atoms with E-state index in [1.165, 1.54) is 6.42 Å². The zero-order valence-corrected chi connectivity index (χ0v) is 13.4. The first-order valence-electron chi connectivity index (χ1n) is 8.34. The molecule has 0 radical (unpaired) electrons. The molecule has 0 aromatic heterocycles. The van der Waals surface area contributed by atoms with Gasteiger partial charge in [-0.05, 0) is 12.8 Å². The van der Waals surface area contributed by atoms with Crippen LogP contribution in [0, 0.1) is 11.8 Å². The van der Waals surface area contributed by atoms with Gasteiger partial charge in [0.05, 0.1) is 5.92 Å². The Kier molecular flexibility index (Phi) is 5.62. The molecule has 1 saturated carbocycles. The summed E-state index contributed by atoms with van der Waals surface area (Å²) in [5.74, 6) is 0.414. The lowest BCUT2D eigenvalue weighted by Crippen LogP contribution is -2.54. The molecule has 0 aromatic rings. The number of piperazine rings is 1. The highest BCUT2D eigenvalue weighted by Crippen LogP contribution is 2.24. The van der Waals surface area contributed by atoms with Crippen LogP contribution in [-0.4, -0.2) is 53.8 Å². The van der Waals surface area contributed by atoms with E-state index in [1.807, 2.05) is 23.6 Å². The van der Waals surface area contributed by atoms with Crippen LogP contribution >= 0.6 is 0 Å². The highest BCUT2D eigenvalue weighted by Gasteiger charge is 2.33. The number of carbonyl (C=O) groups is 2. The van der Waals surface area contributed by atoms with Gasteiger partial charge in [0.15, 0.2) is 0 Å². The van der Waals surface area contributed by atoms with Gasteiger partial charge < -0.3 is 15.5 Å². The zero-order chi connectivity index (χ0) is 15.4. The third kappa shape index (κ3) is 3.96. The summed E-state index contributed by atoms with van der Waals surface area (Å²) in [4.78, 5) is 28.4. The number of hydrogen-bond acceptors (Lipinski definition) is 3. The largest absolute Gasteiger partial charge is 0.339 e. The molecule has 1 aliphatic heterocycles. The Morgan fingerprint density at radius 2 is 1.52 bits per heavy atom. The predicted octanol–water partition coefficient (Wildman–Crippen LogP) is 1.22. The summed E-state index contributed by atoms with van der Waals surface area (Å²) in [5.41, 5.74) is 6.19. The van der Waals surface area contributed by atoms with Gasteiger partial charge in [0.25, 0.3) is 0 Å². The van der Waals surface area contributed by atoms with E-state index in [-0.39, 0.29) is 29.7 Å². The number of hydrogen-bond donors (Lipinski definition) is 1. The van der Waals surface area contributed by atoms with Crippen LogP contribution in [0.2, 0.25) is 0 Å². The van der Waals surface area contributed by atoms with E-state index < -0.39 is 0 Å². The van der Waals surface area contributed by atoms with Crippen molar-refractivity contribution in [2.75, 3.05) is 26.2 Å². The number of nitrogens with two attached hydrogens (primary N) is 1. The number of nitrogens with zero attached hydrogens (tertiary/aromatic N) is 2.